The van der Waals surface area contributed by atoms with E-state index in [1.165, 1.54) is 25.3 Å². The van der Waals surface area contributed by atoms with Gasteiger partial charge in [-0.3, -0.25) is 4.79 Å². The molecule has 0 aromatic heterocycles. The summed E-state index contributed by atoms with van der Waals surface area (Å²) in [4.78, 5) is 11.0. The van der Waals surface area contributed by atoms with E-state index in [4.69, 9.17) is 16.3 Å². The molecule has 0 atom stereocenters. The molecule has 0 spiro atoms. The molecule has 0 amide bonds. The second-order valence-corrected chi connectivity index (χ2v) is 3.22. The molecule has 0 aliphatic carbocycles. The van der Waals surface area contributed by atoms with E-state index in [1.807, 2.05) is 0 Å². The van der Waals surface area contributed by atoms with Crippen LogP contribution in [0.3, 0.4) is 0 Å². The van der Waals surface area contributed by atoms with Crippen molar-refractivity contribution in [3.8, 4) is 5.75 Å². The van der Waals surface area contributed by atoms with Gasteiger partial charge in [-0.2, -0.15) is 0 Å². The fourth-order valence-electron chi connectivity index (χ4n) is 0.976. The van der Waals surface area contributed by atoms with Crippen molar-refractivity contribution in [2.75, 3.05) is 20.3 Å². The molecule has 1 aromatic carbocycles. The fourth-order valence-corrected chi connectivity index (χ4v) is 1.19. The summed E-state index contributed by atoms with van der Waals surface area (Å²) >= 11 is 5.68. The fraction of sp³-hybridized carbons (Fsp3) is 0.300. The van der Waals surface area contributed by atoms with Crippen molar-refractivity contribution in [1.82, 2.24) is 0 Å². The number of halogens is 2. The van der Waals surface area contributed by atoms with Gasteiger partial charge >= 0.3 is 0 Å². The molecule has 0 saturated heterocycles. The van der Waals surface area contributed by atoms with E-state index < -0.39 is 5.82 Å². The van der Waals surface area contributed by atoms with Crippen molar-refractivity contribution in [2.24, 2.45) is 0 Å². The Morgan fingerprint density at radius 1 is 1.47 bits per heavy atom. The number of ether oxygens (including phenoxy) is 2. The molecule has 0 unspecified atom stereocenters. The number of Topliss-reactive ketones (excluding diaryl/α,β-unsaturated/α-hetero) is 1. The third kappa shape index (κ3) is 3.49. The number of hydrogen-bond acceptors (Lipinski definition) is 3. The van der Waals surface area contributed by atoms with Gasteiger partial charge in [-0.25, -0.2) is 4.39 Å². The van der Waals surface area contributed by atoms with Crippen LogP contribution < -0.4 is 4.74 Å². The zero-order valence-corrected chi connectivity index (χ0v) is 8.88. The maximum atomic E-state index is 13.1. The highest BCUT2D eigenvalue weighted by atomic mass is 35.5. The molecular formula is C10H10ClFO3. The van der Waals surface area contributed by atoms with Gasteiger partial charge in [0.15, 0.2) is 17.3 Å². The Morgan fingerprint density at radius 2 is 2.20 bits per heavy atom. The molecule has 1 aromatic rings. The van der Waals surface area contributed by atoms with Gasteiger partial charge in [-0.15, -0.1) is 0 Å². The number of rotatable bonds is 5. The summed E-state index contributed by atoms with van der Waals surface area (Å²) in [5.74, 6) is -0.979. The van der Waals surface area contributed by atoms with Gasteiger partial charge in [0.2, 0.25) is 0 Å². The van der Waals surface area contributed by atoms with Crippen molar-refractivity contribution < 1.29 is 18.7 Å². The SMILES string of the molecule is COCC(=O)COc1c(F)cccc1Cl. The second kappa shape index (κ2) is 5.68. The van der Waals surface area contributed by atoms with Crippen molar-refractivity contribution in [2.45, 2.75) is 0 Å². The van der Waals surface area contributed by atoms with Crippen LogP contribution in [0, 0.1) is 5.82 Å². The average Bonchev–Trinajstić information content (AvgIpc) is 2.17. The van der Waals surface area contributed by atoms with E-state index in [0.29, 0.717) is 0 Å². The standard InChI is InChI=1S/C10H10ClFO3/c1-14-5-7(13)6-15-10-8(11)3-2-4-9(10)12/h2-4H,5-6H2,1H3. The Kier molecular flexibility index (Phi) is 4.52. The minimum absolute atomic E-state index is 0.0634. The number of benzene rings is 1. The summed E-state index contributed by atoms with van der Waals surface area (Å²) in [5, 5.41) is 0.139. The first-order valence-electron chi connectivity index (χ1n) is 4.22. The Morgan fingerprint density at radius 3 is 2.80 bits per heavy atom. The van der Waals surface area contributed by atoms with Gasteiger partial charge in [-0.1, -0.05) is 17.7 Å². The Balaban J connectivity index is 2.61. The van der Waals surface area contributed by atoms with E-state index in [9.17, 15) is 9.18 Å². The summed E-state index contributed by atoms with van der Waals surface area (Å²) in [6, 6.07) is 4.16. The number of para-hydroxylation sites is 1. The van der Waals surface area contributed by atoms with Gasteiger partial charge in [-0.05, 0) is 12.1 Å². The van der Waals surface area contributed by atoms with Crippen LogP contribution in [0.2, 0.25) is 5.02 Å². The first-order chi connectivity index (χ1) is 7.15. The minimum Gasteiger partial charge on any atom is -0.481 e. The van der Waals surface area contributed by atoms with E-state index in [1.54, 1.807) is 0 Å². The van der Waals surface area contributed by atoms with Gasteiger partial charge in [0.25, 0.3) is 0 Å². The van der Waals surface area contributed by atoms with Crippen molar-refractivity contribution in [3.63, 3.8) is 0 Å². The molecule has 0 fully saturated rings. The molecule has 1 rings (SSSR count). The molecule has 0 aliphatic heterocycles. The predicted molar refractivity (Wildman–Crippen MR) is 53.8 cm³/mol. The number of ketones is 1. The van der Waals surface area contributed by atoms with E-state index in [0.717, 1.165) is 0 Å². The number of carbonyl (C=O) groups is 1. The van der Waals surface area contributed by atoms with Crippen LogP contribution in [0.15, 0.2) is 18.2 Å². The number of methoxy groups -OCH3 is 1. The highest BCUT2D eigenvalue weighted by molar-refractivity contribution is 6.32. The third-order valence-corrected chi connectivity index (χ3v) is 1.90. The van der Waals surface area contributed by atoms with Crippen molar-refractivity contribution in [1.29, 1.82) is 0 Å². The monoisotopic (exact) mass is 232 g/mol. The van der Waals surface area contributed by atoms with Crippen LogP contribution in [0.4, 0.5) is 4.39 Å². The van der Waals surface area contributed by atoms with Gasteiger partial charge < -0.3 is 9.47 Å². The predicted octanol–water partition coefficient (Wildman–Crippen LogP) is 2.07. The zero-order chi connectivity index (χ0) is 11.3. The Bertz CT molecular complexity index is 334. The van der Waals surface area contributed by atoms with Crippen LogP contribution in [0.25, 0.3) is 0 Å². The molecule has 0 aliphatic rings. The first kappa shape index (κ1) is 11.9. The lowest BCUT2D eigenvalue weighted by molar-refractivity contribution is -0.124. The second-order valence-electron chi connectivity index (χ2n) is 2.81. The van der Waals surface area contributed by atoms with E-state index in [2.05, 4.69) is 4.74 Å². The highest BCUT2D eigenvalue weighted by Crippen LogP contribution is 2.26. The van der Waals surface area contributed by atoms with Crippen LogP contribution in [0.5, 0.6) is 5.75 Å². The Hall–Kier alpha value is -1.13. The van der Waals surface area contributed by atoms with Crippen LogP contribution >= 0.6 is 11.6 Å². The zero-order valence-electron chi connectivity index (χ0n) is 8.13. The quantitative estimate of drug-likeness (QED) is 0.780. The van der Waals surface area contributed by atoms with Crippen LogP contribution in [-0.4, -0.2) is 26.1 Å². The molecule has 0 saturated carbocycles. The Labute approximate surface area is 91.7 Å². The van der Waals surface area contributed by atoms with E-state index in [-0.39, 0.29) is 29.8 Å². The summed E-state index contributed by atoms with van der Waals surface area (Å²) in [7, 11) is 1.40. The molecule has 15 heavy (non-hydrogen) atoms. The van der Waals surface area contributed by atoms with Gasteiger partial charge in [0, 0.05) is 7.11 Å². The maximum Gasteiger partial charge on any atom is 0.195 e. The van der Waals surface area contributed by atoms with Gasteiger partial charge in [0.1, 0.15) is 13.2 Å². The summed E-state index contributed by atoms with van der Waals surface area (Å²) in [5.41, 5.74) is 0. The lowest BCUT2D eigenvalue weighted by Crippen LogP contribution is -2.16. The van der Waals surface area contributed by atoms with Gasteiger partial charge in [0.05, 0.1) is 5.02 Å². The lowest BCUT2D eigenvalue weighted by Gasteiger charge is -2.07. The third-order valence-electron chi connectivity index (χ3n) is 1.60. The summed E-state index contributed by atoms with van der Waals surface area (Å²) in [6.45, 7) is -0.319. The topological polar surface area (TPSA) is 35.5 Å². The normalized spacial score (nSPS) is 10.1. The molecular weight excluding hydrogens is 223 g/mol. The summed E-state index contributed by atoms with van der Waals surface area (Å²) < 4.78 is 22.7. The highest BCUT2D eigenvalue weighted by Gasteiger charge is 2.10. The molecule has 0 radical (unpaired) electrons. The van der Waals surface area contributed by atoms with Crippen molar-refractivity contribution in [3.05, 3.63) is 29.0 Å². The number of carbonyl (C=O) groups excluding carboxylic acids is 1. The maximum absolute atomic E-state index is 13.1. The van der Waals surface area contributed by atoms with Crippen LogP contribution in [-0.2, 0) is 9.53 Å². The summed E-state index contributed by atoms with van der Waals surface area (Å²) in [6.07, 6.45) is 0. The molecule has 0 bridgehead atoms. The number of hydrogen-bond donors (Lipinski definition) is 0. The molecule has 0 heterocycles. The molecule has 0 N–H and O–H groups in total. The van der Waals surface area contributed by atoms with E-state index >= 15 is 0 Å². The largest absolute Gasteiger partial charge is 0.481 e. The molecule has 3 nitrogen and oxygen atoms in total. The smallest absolute Gasteiger partial charge is 0.195 e. The molecule has 5 heteroatoms. The average molecular weight is 233 g/mol. The van der Waals surface area contributed by atoms with Crippen LogP contribution in [0.1, 0.15) is 0 Å². The first-order valence-corrected chi connectivity index (χ1v) is 4.60. The minimum atomic E-state index is -0.590. The lowest BCUT2D eigenvalue weighted by atomic mass is 10.3. The van der Waals surface area contributed by atoms with Crippen molar-refractivity contribution >= 4 is 17.4 Å². The molecule has 82 valence electrons.